The largest absolute Gasteiger partial charge is 0.383 e. The third-order valence-corrected chi connectivity index (χ3v) is 3.17. The first-order valence-corrected chi connectivity index (χ1v) is 6.53. The average molecular weight is 272 g/mol. The molecule has 0 aliphatic rings. The molecule has 0 amide bonds. The summed E-state index contributed by atoms with van der Waals surface area (Å²) in [5.41, 5.74) is 8.94. The number of rotatable bonds is 6. The Hall–Kier alpha value is -2.30. The van der Waals surface area contributed by atoms with Crippen molar-refractivity contribution in [2.75, 3.05) is 6.54 Å². The first kappa shape index (κ1) is 14.1. The van der Waals surface area contributed by atoms with Gasteiger partial charge in [0.1, 0.15) is 6.10 Å². The Labute approximate surface area is 116 Å². The topological polar surface area (TPSA) is 91.0 Å². The van der Waals surface area contributed by atoms with E-state index >= 15 is 0 Å². The maximum Gasteiger partial charge on any atom is 0.259 e. The number of hydrogen-bond donors (Lipinski definition) is 1. The molecular formula is C14H16N4O2. The van der Waals surface area contributed by atoms with Crippen molar-refractivity contribution < 1.29 is 9.90 Å². The number of carbonyl (C=O) groups is 1. The number of aliphatic hydroxyl groups is 1. The molecule has 6 heteroatoms. The smallest absolute Gasteiger partial charge is 0.259 e. The van der Waals surface area contributed by atoms with E-state index in [1.807, 2.05) is 30.3 Å². The lowest BCUT2D eigenvalue weighted by Gasteiger charge is -2.10. The highest BCUT2D eigenvalue weighted by Gasteiger charge is 2.17. The minimum atomic E-state index is -1.03. The number of carbonyl (C=O) groups excluding carboxylic acids is 1. The van der Waals surface area contributed by atoms with Crippen molar-refractivity contribution in [2.24, 2.45) is 5.11 Å². The molecule has 1 aromatic heterocycles. The van der Waals surface area contributed by atoms with Crippen LogP contribution in [0.3, 0.4) is 0 Å². The summed E-state index contributed by atoms with van der Waals surface area (Å²) >= 11 is 0. The highest BCUT2D eigenvalue weighted by Crippen LogP contribution is 2.16. The van der Waals surface area contributed by atoms with Crippen LogP contribution in [0, 0.1) is 0 Å². The van der Waals surface area contributed by atoms with Gasteiger partial charge in [0.15, 0.2) is 0 Å². The Bertz CT molecular complexity index is 643. The van der Waals surface area contributed by atoms with Crippen molar-refractivity contribution in [3.8, 4) is 0 Å². The van der Waals surface area contributed by atoms with Gasteiger partial charge < -0.3 is 5.11 Å². The predicted molar refractivity (Wildman–Crippen MR) is 76.4 cm³/mol. The highest BCUT2D eigenvalue weighted by molar-refractivity contribution is 5.94. The van der Waals surface area contributed by atoms with Crippen molar-refractivity contribution in [1.29, 1.82) is 0 Å². The zero-order chi connectivity index (χ0) is 14.4. The Kier molecular flexibility index (Phi) is 4.76. The number of hydrogen-bond acceptors (Lipinski definition) is 3. The molecular weight excluding hydrogens is 256 g/mol. The normalized spacial score (nSPS) is 12.1. The Morgan fingerprint density at radius 1 is 1.35 bits per heavy atom. The van der Waals surface area contributed by atoms with Crippen molar-refractivity contribution in [2.45, 2.75) is 25.4 Å². The van der Waals surface area contributed by atoms with Crippen molar-refractivity contribution in [3.05, 3.63) is 47.0 Å². The van der Waals surface area contributed by atoms with E-state index in [1.165, 1.54) is 4.57 Å². The fraction of sp³-hybridized carbons (Fsp3) is 0.357. The standard InChI is InChI=1S/C14H16N4O2/c15-17-16-9-4-3-7-13(19)14(20)18-10-8-11-5-1-2-6-12(11)18/h1-2,5-6,8,10,13,19H,3-4,7,9H2. The van der Waals surface area contributed by atoms with E-state index in [9.17, 15) is 9.90 Å². The van der Waals surface area contributed by atoms with Gasteiger partial charge in [-0.25, -0.2) is 0 Å². The van der Waals surface area contributed by atoms with Gasteiger partial charge in [0.25, 0.3) is 5.91 Å². The number of benzene rings is 1. The fourth-order valence-electron chi connectivity index (χ4n) is 2.12. The van der Waals surface area contributed by atoms with Gasteiger partial charge in [0.05, 0.1) is 5.52 Å². The summed E-state index contributed by atoms with van der Waals surface area (Å²) in [6.07, 6.45) is 2.32. The summed E-state index contributed by atoms with van der Waals surface area (Å²) < 4.78 is 1.48. The van der Waals surface area contributed by atoms with Crippen molar-refractivity contribution in [1.82, 2.24) is 4.57 Å². The molecule has 2 rings (SSSR count). The van der Waals surface area contributed by atoms with Gasteiger partial charge in [-0.05, 0) is 30.5 Å². The van der Waals surface area contributed by atoms with Crippen molar-refractivity contribution in [3.63, 3.8) is 0 Å². The lowest BCUT2D eigenvalue weighted by atomic mass is 10.1. The fourth-order valence-corrected chi connectivity index (χ4v) is 2.12. The molecule has 0 aliphatic heterocycles. The Morgan fingerprint density at radius 2 is 2.15 bits per heavy atom. The molecule has 6 nitrogen and oxygen atoms in total. The van der Waals surface area contributed by atoms with E-state index in [2.05, 4.69) is 10.0 Å². The summed E-state index contributed by atoms with van der Waals surface area (Å²) in [7, 11) is 0. The third-order valence-electron chi connectivity index (χ3n) is 3.17. The zero-order valence-electron chi connectivity index (χ0n) is 11.0. The number of para-hydroxylation sites is 1. The molecule has 1 N–H and O–H groups in total. The number of aliphatic hydroxyl groups excluding tert-OH is 1. The molecule has 0 radical (unpaired) electrons. The predicted octanol–water partition coefficient (Wildman–Crippen LogP) is 3.12. The molecule has 0 saturated heterocycles. The van der Waals surface area contributed by atoms with E-state index in [0.717, 1.165) is 10.9 Å². The zero-order valence-corrected chi connectivity index (χ0v) is 11.0. The van der Waals surface area contributed by atoms with E-state index in [-0.39, 0.29) is 5.91 Å². The molecule has 0 bridgehead atoms. The quantitative estimate of drug-likeness (QED) is 0.379. The molecule has 0 spiro atoms. The van der Waals surface area contributed by atoms with Gasteiger partial charge in [-0.3, -0.25) is 9.36 Å². The van der Waals surface area contributed by atoms with Crippen LogP contribution in [0.25, 0.3) is 21.3 Å². The van der Waals surface area contributed by atoms with E-state index in [4.69, 9.17) is 5.53 Å². The lowest BCUT2D eigenvalue weighted by molar-refractivity contribution is 0.0639. The first-order chi connectivity index (χ1) is 9.74. The summed E-state index contributed by atoms with van der Waals surface area (Å²) in [5, 5.41) is 14.3. The monoisotopic (exact) mass is 272 g/mol. The van der Waals surface area contributed by atoms with Gasteiger partial charge in [-0.15, -0.1) is 0 Å². The second-order valence-corrected chi connectivity index (χ2v) is 4.55. The minimum Gasteiger partial charge on any atom is -0.383 e. The number of azide groups is 1. The maximum atomic E-state index is 12.2. The summed E-state index contributed by atoms with van der Waals surface area (Å²) in [6.45, 7) is 0.393. The van der Waals surface area contributed by atoms with Gasteiger partial charge >= 0.3 is 0 Å². The number of fused-ring (bicyclic) bond motifs is 1. The molecule has 104 valence electrons. The van der Waals surface area contributed by atoms with Crippen LogP contribution in [0.2, 0.25) is 0 Å². The average Bonchev–Trinajstić information content (AvgIpc) is 2.90. The molecule has 0 fully saturated rings. The van der Waals surface area contributed by atoms with E-state index < -0.39 is 6.10 Å². The van der Waals surface area contributed by atoms with Crippen LogP contribution in [0.1, 0.15) is 24.1 Å². The number of unbranched alkanes of at least 4 members (excludes halogenated alkanes) is 1. The minimum absolute atomic E-state index is 0.324. The third kappa shape index (κ3) is 3.17. The van der Waals surface area contributed by atoms with Crippen molar-refractivity contribution >= 4 is 16.8 Å². The van der Waals surface area contributed by atoms with Crippen LogP contribution in [-0.4, -0.2) is 28.2 Å². The molecule has 0 saturated carbocycles. The number of nitrogens with zero attached hydrogens (tertiary/aromatic N) is 4. The van der Waals surface area contributed by atoms with Crippen LogP contribution in [0.4, 0.5) is 0 Å². The van der Waals surface area contributed by atoms with E-state index in [0.29, 0.717) is 25.8 Å². The molecule has 1 unspecified atom stereocenters. The molecule has 1 aromatic carbocycles. The first-order valence-electron chi connectivity index (χ1n) is 6.53. The van der Waals surface area contributed by atoms with Gasteiger partial charge in [-0.1, -0.05) is 29.7 Å². The van der Waals surface area contributed by atoms with Crippen LogP contribution >= 0.6 is 0 Å². The van der Waals surface area contributed by atoms with Gasteiger partial charge in [0.2, 0.25) is 0 Å². The SMILES string of the molecule is [N-]=[N+]=NCCCCC(O)C(=O)n1ccc2ccccc21. The molecule has 20 heavy (non-hydrogen) atoms. The summed E-state index contributed by atoms with van der Waals surface area (Å²) in [5.74, 6) is -0.324. The second kappa shape index (κ2) is 6.75. The second-order valence-electron chi connectivity index (χ2n) is 4.55. The van der Waals surface area contributed by atoms with Crippen LogP contribution in [0.5, 0.6) is 0 Å². The number of aromatic nitrogens is 1. The highest BCUT2D eigenvalue weighted by atomic mass is 16.3. The summed E-state index contributed by atoms with van der Waals surface area (Å²) in [6, 6.07) is 9.39. The lowest BCUT2D eigenvalue weighted by Crippen LogP contribution is -2.25. The molecule has 1 atom stereocenters. The van der Waals surface area contributed by atoms with Gasteiger partial charge in [0, 0.05) is 23.0 Å². The van der Waals surface area contributed by atoms with E-state index in [1.54, 1.807) is 6.20 Å². The maximum absolute atomic E-state index is 12.2. The van der Waals surface area contributed by atoms with Crippen LogP contribution < -0.4 is 0 Å². The Balaban J connectivity index is 1.98. The van der Waals surface area contributed by atoms with Crippen LogP contribution in [-0.2, 0) is 0 Å². The molecule has 0 aliphatic carbocycles. The molecule has 2 aromatic rings. The van der Waals surface area contributed by atoms with Gasteiger partial charge in [-0.2, -0.15) is 0 Å². The summed E-state index contributed by atoms with van der Waals surface area (Å²) in [4.78, 5) is 14.8. The molecule has 1 heterocycles. The Morgan fingerprint density at radius 3 is 2.95 bits per heavy atom. The van der Waals surface area contributed by atoms with Crippen LogP contribution in [0.15, 0.2) is 41.6 Å².